The molecule has 0 heterocycles. The number of nitrogens with zero attached hydrogens (tertiary/aromatic N) is 1. The molecule has 0 aliphatic rings. The summed E-state index contributed by atoms with van der Waals surface area (Å²) in [7, 11) is 0. The van der Waals surface area contributed by atoms with Crippen LogP contribution >= 0.6 is 0 Å². The Morgan fingerprint density at radius 2 is 1.31 bits per heavy atom. The van der Waals surface area contributed by atoms with Crippen LogP contribution in [0.3, 0.4) is 0 Å². The monoisotopic (exact) mass is 229 g/mol. The van der Waals surface area contributed by atoms with Gasteiger partial charge >= 0.3 is 0 Å². The normalized spacial score (nSPS) is 13.1. The van der Waals surface area contributed by atoms with Gasteiger partial charge < -0.3 is 5.11 Å². The third kappa shape index (κ3) is 6.49. The molecule has 0 saturated carbocycles. The molecule has 16 heavy (non-hydrogen) atoms. The zero-order valence-corrected chi connectivity index (χ0v) is 12.1. The molecule has 0 spiro atoms. The van der Waals surface area contributed by atoms with Gasteiger partial charge in [-0.05, 0) is 24.7 Å². The molecule has 0 aromatic carbocycles. The zero-order chi connectivity index (χ0) is 12.8. The average Bonchev–Trinajstić information content (AvgIpc) is 2.15. The molecule has 0 bridgehead atoms. The van der Waals surface area contributed by atoms with Gasteiger partial charge in [0.15, 0.2) is 0 Å². The highest BCUT2D eigenvalue weighted by Gasteiger charge is 2.26. The van der Waals surface area contributed by atoms with Gasteiger partial charge in [-0.1, -0.05) is 41.5 Å². The lowest BCUT2D eigenvalue weighted by atomic mass is 9.96. The predicted molar refractivity (Wildman–Crippen MR) is 71.6 cm³/mol. The summed E-state index contributed by atoms with van der Waals surface area (Å²) < 4.78 is 0. The van der Waals surface area contributed by atoms with Crippen molar-refractivity contribution in [3.8, 4) is 0 Å². The number of rotatable bonds is 8. The lowest BCUT2D eigenvalue weighted by Crippen LogP contribution is -2.45. The second-order valence-electron chi connectivity index (χ2n) is 5.91. The SMILES string of the molecule is CCC(O)(CC)CN(CC(C)C)CC(C)C. The third-order valence-corrected chi connectivity index (χ3v) is 3.08. The second kappa shape index (κ2) is 7.29. The first-order valence-electron chi connectivity index (χ1n) is 6.77. The number of aliphatic hydroxyl groups is 1. The highest BCUT2D eigenvalue weighted by Crippen LogP contribution is 2.18. The van der Waals surface area contributed by atoms with E-state index in [1.807, 2.05) is 0 Å². The Balaban J connectivity index is 4.39. The standard InChI is InChI=1S/C14H31NO/c1-7-14(16,8-2)11-15(9-12(3)4)10-13(5)6/h12-13,16H,7-11H2,1-6H3. The van der Waals surface area contributed by atoms with E-state index in [2.05, 4.69) is 46.4 Å². The highest BCUT2D eigenvalue weighted by molar-refractivity contribution is 4.80. The molecular formula is C14H31NO. The molecule has 0 unspecified atom stereocenters. The second-order valence-corrected chi connectivity index (χ2v) is 5.91. The van der Waals surface area contributed by atoms with E-state index >= 15 is 0 Å². The molecule has 2 heteroatoms. The van der Waals surface area contributed by atoms with Crippen molar-refractivity contribution in [2.24, 2.45) is 11.8 Å². The van der Waals surface area contributed by atoms with Crippen molar-refractivity contribution < 1.29 is 5.11 Å². The Labute approximate surface area is 102 Å². The fraction of sp³-hybridized carbons (Fsp3) is 1.00. The molecule has 0 radical (unpaired) electrons. The van der Waals surface area contributed by atoms with Gasteiger partial charge in [-0.3, -0.25) is 4.90 Å². The topological polar surface area (TPSA) is 23.5 Å². The largest absolute Gasteiger partial charge is 0.389 e. The maximum atomic E-state index is 10.4. The van der Waals surface area contributed by atoms with E-state index < -0.39 is 5.60 Å². The Hall–Kier alpha value is -0.0800. The van der Waals surface area contributed by atoms with Gasteiger partial charge in [-0.25, -0.2) is 0 Å². The summed E-state index contributed by atoms with van der Waals surface area (Å²) in [5.41, 5.74) is -0.496. The van der Waals surface area contributed by atoms with E-state index in [0.717, 1.165) is 32.5 Å². The highest BCUT2D eigenvalue weighted by atomic mass is 16.3. The van der Waals surface area contributed by atoms with Crippen LogP contribution in [0.1, 0.15) is 54.4 Å². The molecule has 0 aromatic rings. The van der Waals surface area contributed by atoms with Crippen molar-refractivity contribution in [2.75, 3.05) is 19.6 Å². The Bertz CT molecular complexity index is 164. The van der Waals surface area contributed by atoms with Gasteiger partial charge in [-0.15, -0.1) is 0 Å². The molecular weight excluding hydrogens is 198 g/mol. The Kier molecular flexibility index (Phi) is 7.25. The van der Waals surface area contributed by atoms with Crippen LogP contribution in [0.2, 0.25) is 0 Å². The van der Waals surface area contributed by atoms with E-state index in [9.17, 15) is 5.11 Å². The first kappa shape index (κ1) is 15.9. The van der Waals surface area contributed by atoms with Crippen LogP contribution < -0.4 is 0 Å². The molecule has 0 fully saturated rings. The molecule has 0 aromatic heterocycles. The summed E-state index contributed by atoms with van der Waals surface area (Å²) >= 11 is 0. The van der Waals surface area contributed by atoms with Crippen LogP contribution in [0.15, 0.2) is 0 Å². The number of hydrogen-bond donors (Lipinski definition) is 1. The van der Waals surface area contributed by atoms with Gasteiger partial charge in [0, 0.05) is 19.6 Å². The van der Waals surface area contributed by atoms with Crippen molar-refractivity contribution in [3.63, 3.8) is 0 Å². The molecule has 0 amide bonds. The maximum absolute atomic E-state index is 10.4. The first-order chi connectivity index (χ1) is 7.33. The minimum absolute atomic E-state index is 0.496. The number of hydrogen-bond acceptors (Lipinski definition) is 2. The maximum Gasteiger partial charge on any atom is 0.0768 e. The quantitative estimate of drug-likeness (QED) is 0.691. The van der Waals surface area contributed by atoms with Crippen LogP contribution in [0.25, 0.3) is 0 Å². The average molecular weight is 229 g/mol. The van der Waals surface area contributed by atoms with Crippen LogP contribution in [-0.2, 0) is 0 Å². The van der Waals surface area contributed by atoms with Crippen LogP contribution in [-0.4, -0.2) is 35.2 Å². The van der Waals surface area contributed by atoms with Crippen LogP contribution in [0.4, 0.5) is 0 Å². The van der Waals surface area contributed by atoms with Crippen molar-refractivity contribution in [1.29, 1.82) is 0 Å². The van der Waals surface area contributed by atoms with Crippen LogP contribution in [0, 0.1) is 11.8 Å². The summed E-state index contributed by atoms with van der Waals surface area (Å²) in [6.07, 6.45) is 1.69. The first-order valence-corrected chi connectivity index (χ1v) is 6.77. The van der Waals surface area contributed by atoms with Crippen LogP contribution in [0.5, 0.6) is 0 Å². The summed E-state index contributed by atoms with van der Waals surface area (Å²) in [4.78, 5) is 2.42. The van der Waals surface area contributed by atoms with Gasteiger partial charge in [0.1, 0.15) is 0 Å². The van der Waals surface area contributed by atoms with Gasteiger partial charge in [0.05, 0.1) is 5.60 Å². The minimum atomic E-state index is -0.496. The van der Waals surface area contributed by atoms with E-state index in [1.54, 1.807) is 0 Å². The molecule has 0 aliphatic carbocycles. The van der Waals surface area contributed by atoms with Crippen molar-refractivity contribution in [2.45, 2.75) is 60.0 Å². The molecule has 0 rings (SSSR count). The van der Waals surface area contributed by atoms with Gasteiger partial charge in [-0.2, -0.15) is 0 Å². The summed E-state index contributed by atoms with van der Waals surface area (Å²) in [6, 6.07) is 0. The summed E-state index contributed by atoms with van der Waals surface area (Å²) in [6.45, 7) is 16.1. The zero-order valence-electron chi connectivity index (χ0n) is 12.1. The Morgan fingerprint density at radius 3 is 1.56 bits per heavy atom. The smallest absolute Gasteiger partial charge is 0.0768 e. The summed E-state index contributed by atoms with van der Waals surface area (Å²) in [5, 5.41) is 10.4. The van der Waals surface area contributed by atoms with E-state index in [1.165, 1.54) is 0 Å². The lowest BCUT2D eigenvalue weighted by molar-refractivity contribution is -0.00869. The Morgan fingerprint density at radius 1 is 0.938 bits per heavy atom. The molecule has 0 saturated heterocycles. The molecule has 1 N–H and O–H groups in total. The minimum Gasteiger partial charge on any atom is -0.389 e. The molecule has 0 atom stereocenters. The molecule has 2 nitrogen and oxygen atoms in total. The molecule has 98 valence electrons. The summed E-state index contributed by atoms with van der Waals surface area (Å²) in [5.74, 6) is 1.33. The van der Waals surface area contributed by atoms with E-state index in [-0.39, 0.29) is 0 Å². The predicted octanol–water partition coefficient (Wildman–Crippen LogP) is 3.15. The lowest BCUT2D eigenvalue weighted by Gasteiger charge is -2.34. The third-order valence-electron chi connectivity index (χ3n) is 3.08. The van der Waals surface area contributed by atoms with E-state index in [4.69, 9.17) is 0 Å². The molecule has 0 aliphatic heterocycles. The van der Waals surface area contributed by atoms with Crippen molar-refractivity contribution in [1.82, 2.24) is 4.90 Å². The van der Waals surface area contributed by atoms with Crippen molar-refractivity contribution in [3.05, 3.63) is 0 Å². The fourth-order valence-corrected chi connectivity index (χ4v) is 2.13. The van der Waals surface area contributed by atoms with E-state index in [0.29, 0.717) is 11.8 Å². The van der Waals surface area contributed by atoms with Gasteiger partial charge in [0.25, 0.3) is 0 Å². The van der Waals surface area contributed by atoms with Crippen molar-refractivity contribution >= 4 is 0 Å². The van der Waals surface area contributed by atoms with Gasteiger partial charge in [0.2, 0.25) is 0 Å². The fourth-order valence-electron chi connectivity index (χ4n) is 2.13.